The summed E-state index contributed by atoms with van der Waals surface area (Å²) >= 11 is 0. The third kappa shape index (κ3) is 3.49. The number of esters is 1. The first-order valence-corrected chi connectivity index (χ1v) is 7.28. The van der Waals surface area contributed by atoms with Crippen LogP contribution < -0.4 is 5.32 Å². The molecule has 0 bridgehead atoms. The van der Waals surface area contributed by atoms with Gasteiger partial charge >= 0.3 is 5.97 Å². The Morgan fingerprint density at radius 2 is 2.21 bits per heavy atom. The molecule has 3 nitrogen and oxygen atoms in total. The van der Waals surface area contributed by atoms with Crippen molar-refractivity contribution in [2.24, 2.45) is 5.92 Å². The fourth-order valence-corrected chi connectivity index (χ4v) is 2.88. The van der Waals surface area contributed by atoms with Crippen LogP contribution in [-0.2, 0) is 4.74 Å². The summed E-state index contributed by atoms with van der Waals surface area (Å²) in [6, 6.07) is 8.17. The van der Waals surface area contributed by atoms with E-state index in [0.29, 0.717) is 18.2 Å². The molecule has 1 aromatic rings. The minimum atomic E-state index is -0.246. The number of hydrogen-bond acceptors (Lipinski definition) is 3. The summed E-state index contributed by atoms with van der Waals surface area (Å²) in [4.78, 5) is 11.7. The number of nitrogens with one attached hydrogen (secondary N) is 1. The molecular weight excluding hydrogens is 238 g/mol. The van der Waals surface area contributed by atoms with Crippen molar-refractivity contribution in [1.82, 2.24) is 0 Å². The molecular formula is C16H23NO2. The largest absolute Gasteiger partial charge is 0.462 e. The van der Waals surface area contributed by atoms with Crippen LogP contribution in [0.1, 0.15) is 49.9 Å². The van der Waals surface area contributed by atoms with Crippen molar-refractivity contribution in [3.8, 4) is 0 Å². The first-order valence-electron chi connectivity index (χ1n) is 7.28. The van der Waals surface area contributed by atoms with E-state index in [9.17, 15) is 4.79 Å². The smallest absolute Gasteiger partial charge is 0.338 e. The summed E-state index contributed by atoms with van der Waals surface area (Å²) < 4.78 is 5.03. The van der Waals surface area contributed by atoms with Crippen molar-refractivity contribution in [2.75, 3.05) is 11.9 Å². The lowest BCUT2D eigenvalue weighted by Crippen LogP contribution is -2.23. The molecule has 0 amide bonds. The van der Waals surface area contributed by atoms with E-state index in [1.165, 1.54) is 25.7 Å². The summed E-state index contributed by atoms with van der Waals surface area (Å²) in [6.45, 7) is 4.49. The lowest BCUT2D eigenvalue weighted by atomic mass is 10.0. The van der Waals surface area contributed by atoms with E-state index in [1.54, 1.807) is 6.07 Å². The molecule has 0 saturated heterocycles. The SMILES string of the molecule is CCOC(=O)c1cccc(NC2CCCC2CC)c1. The van der Waals surface area contributed by atoms with Crippen LogP contribution in [0.3, 0.4) is 0 Å². The number of carbonyl (C=O) groups excluding carboxylic acids is 1. The number of carbonyl (C=O) groups is 1. The van der Waals surface area contributed by atoms with Gasteiger partial charge in [0.2, 0.25) is 0 Å². The zero-order valence-electron chi connectivity index (χ0n) is 11.8. The van der Waals surface area contributed by atoms with Gasteiger partial charge in [0.25, 0.3) is 0 Å². The van der Waals surface area contributed by atoms with Crippen molar-refractivity contribution in [2.45, 2.75) is 45.6 Å². The molecule has 2 unspecified atom stereocenters. The molecule has 0 spiro atoms. The van der Waals surface area contributed by atoms with Crippen molar-refractivity contribution in [3.63, 3.8) is 0 Å². The van der Waals surface area contributed by atoms with E-state index < -0.39 is 0 Å². The van der Waals surface area contributed by atoms with Gasteiger partial charge in [0.1, 0.15) is 0 Å². The normalized spacial score (nSPS) is 22.2. The third-order valence-corrected chi connectivity index (χ3v) is 3.91. The van der Waals surface area contributed by atoms with Gasteiger partial charge in [0.15, 0.2) is 0 Å². The minimum Gasteiger partial charge on any atom is -0.462 e. The van der Waals surface area contributed by atoms with E-state index in [1.807, 2.05) is 25.1 Å². The Morgan fingerprint density at radius 3 is 2.95 bits per heavy atom. The molecule has 0 aromatic heterocycles. The van der Waals surface area contributed by atoms with Gasteiger partial charge in [-0.1, -0.05) is 25.8 Å². The Hall–Kier alpha value is -1.51. The highest BCUT2D eigenvalue weighted by Crippen LogP contribution is 2.30. The van der Waals surface area contributed by atoms with Gasteiger partial charge < -0.3 is 10.1 Å². The van der Waals surface area contributed by atoms with Gasteiger partial charge in [-0.3, -0.25) is 0 Å². The maximum Gasteiger partial charge on any atom is 0.338 e. The summed E-state index contributed by atoms with van der Waals surface area (Å²) in [5.41, 5.74) is 1.65. The Bertz CT molecular complexity index is 431. The highest BCUT2D eigenvalue weighted by Gasteiger charge is 2.25. The maximum absolute atomic E-state index is 11.7. The first kappa shape index (κ1) is 13.9. The van der Waals surface area contributed by atoms with Crippen LogP contribution >= 0.6 is 0 Å². The highest BCUT2D eigenvalue weighted by molar-refractivity contribution is 5.90. The van der Waals surface area contributed by atoms with Gasteiger partial charge in [0.05, 0.1) is 12.2 Å². The van der Waals surface area contributed by atoms with Crippen LogP contribution in [0, 0.1) is 5.92 Å². The molecule has 2 rings (SSSR count). The lowest BCUT2D eigenvalue weighted by molar-refractivity contribution is 0.0526. The minimum absolute atomic E-state index is 0.246. The van der Waals surface area contributed by atoms with Gasteiger partial charge in [0, 0.05) is 11.7 Å². The van der Waals surface area contributed by atoms with Gasteiger partial charge in [-0.05, 0) is 43.9 Å². The predicted molar refractivity (Wildman–Crippen MR) is 77.4 cm³/mol. The Labute approximate surface area is 115 Å². The van der Waals surface area contributed by atoms with E-state index >= 15 is 0 Å². The second-order valence-electron chi connectivity index (χ2n) is 5.15. The molecule has 19 heavy (non-hydrogen) atoms. The second kappa shape index (κ2) is 6.60. The second-order valence-corrected chi connectivity index (χ2v) is 5.15. The van der Waals surface area contributed by atoms with Crippen molar-refractivity contribution in [1.29, 1.82) is 0 Å². The number of hydrogen-bond donors (Lipinski definition) is 1. The fourth-order valence-electron chi connectivity index (χ4n) is 2.88. The predicted octanol–water partition coefficient (Wildman–Crippen LogP) is 3.85. The van der Waals surface area contributed by atoms with Crippen LogP contribution in [0.2, 0.25) is 0 Å². The van der Waals surface area contributed by atoms with Crippen LogP contribution in [0.25, 0.3) is 0 Å². The quantitative estimate of drug-likeness (QED) is 0.818. The standard InChI is InChI=1S/C16H23NO2/c1-3-12-7-6-10-15(12)17-14-9-5-8-13(11-14)16(18)19-4-2/h5,8-9,11-12,15,17H,3-4,6-7,10H2,1-2H3. The van der Waals surface area contributed by atoms with Crippen LogP contribution in [-0.4, -0.2) is 18.6 Å². The zero-order valence-corrected chi connectivity index (χ0v) is 11.8. The monoisotopic (exact) mass is 261 g/mol. The molecule has 3 heteroatoms. The van der Waals surface area contributed by atoms with E-state index in [2.05, 4.69) is 12.2 Å². The van der Waals surface area contributed by atoms with E-state index in [4.69, 9.17) is 4.74 Å². The number of ether oxygens (including phenoxy) is 1. The molecule has 2 atom stereocenters. The molecule has 0 aliphatic heterocycles. The van der Waals surface area contributed by atoms with E-state index in [-0.39, 0.29) is 5.97 Å². The van der Waals surface area contributed by atoms with Crippen molar-refractivity contribution < 1.29 is 9.53 Å². The molecule has 0 radical (unpaired) electrons. The van der Waals surface area contributed by atoms with Gasteiger partial charge in [-0.25, -0.2) is 4.79 Å². The highest BCUT2D eigenvalue weighted by atomic mass is 16.5. The Kier molecular flexibility index (Phi) is 4.83. The van der Waals surface area contributed by atoms with Crippen molar-refractivity contribution in [3.05, 3.63) is 29.8 Å². The van der Waals surface area contributed by atoms with Gasteiger partial charge in [-0.2, -0.15) is 0 Å². The fraction of sp³-hybridized carbons (Fsp3) is 0.562. The molecule has 104 valence electrons. The molecule has 1 aliphatic rings. The molecule has 1 aliphatic carbocycles. The van der Waals surface area contributed by atoms with E-state index in [0.717, 1.165) is 11.6 Å². The first-order chi connectivity index (χ1) is 9.24. The molecule has 0 heterocycles. The van der Waals surface area contributed by atoms with Crippen LogP contribution in [0.4, 0.5) is 5.69 Å². The maximum atomic E-state index is 11.7. The topological polar surface area (TPSA) is 38.3 Å². The average Bonchev–Trinajstić information content (AvgIpc) is 2.86. The Balaban J connectivity index is 2.04. The van der Waals surface area contributed by atoms with Crippen LogP contribution in [0.15, 0.2) is 24.3 Å². The Morgan fingerprint density at radius 1 is 1.37 bits per heavy atom. The third-order valence-electron chi connectivity index (χ3n) is 3.91. The summed E-state index contributed by atoms with van der Waals surface area (Å²) in [5.74, 6) is 0.510. The average molecular weight is 261 g/mol. The number of benzene rings is 1. The number of rotatable bonds is 5. The summed E-state index contributed by atoms with van der Waals surface area (Å²) in [5, 5.41) is 3.57. The molecule has 1 saturated carbocycles. The summed E-state index contributed by atoms with van der Waals surface area (Å²) in [7, 11) is 0. The number of anilines is 1. The molecule has 1 fully saturated rings. The molecule has 1 aromatic carbocycles. The van der Waals surface area contributed by atoms with Crippen LogP contribution in [0.5, 0.6) is 0 Å². The molecule has 1 N–H and O–H groups in total. The summed E-state index contributed by atoms with van der Waals surface area (Å²) in [6.07, 6.45) is 5.05. The zero-order chi connectivity index (χ0) is 13.7. The lowest BCUT2D eigenvalue weighted by Gasteiger charge is -2.21. The van der Waals surface area contributed by atoms with Gasteiger partial charge in [-0.15, -0.1) is 0 Å². The van der Waals surface area contributed by atoms with Crippen molar-refractivity contribution >= 4 is 11.7 Å².